The molecule has 0 saturated carbocycles. The van der Waals surface area contributed by atoms with Crippen LogP contribution in [0.2, 0.25) is 0 Å². The molecule has 0 amide bonds. The third-order valence-electron chi connectivity index (χ3n) is 9.46. The summed E-state index contributed by atoms with van der Waals surface area (Å²) in [7, 11) is 0. The molecule has 0 nitrogen and oxygen atoms in total. The standard InChI is InChI=1S/C44H30/c1-2-12-29(13-3-1)24-30-25-41-39(43-35-18-8-4-14-31(35)27-32-15-5-9-19-36(32)43)22-23-40(42(41)26-30)44-37-20-10-6-16-33(37)28-34-17-7-11-21-38(34)44/h1-23,25,27-28H,24,26H2. The first kappa shape index (κ1) is 25.1. The first-order chi connectivity index (χ1) is 21.8. The minimum atomic E-state index is 0.952. The summed E-state index contributed by atoms with van der Waals surface area (Å²) < 4.78 is 0. The maximum atomic E-state index is 2.50. The van der Waals surface area contributed by atoms with Gasteiger partial charge in [0.05, 0.1) is 0 Å². The molecule has 0 heterocycles. The van der Waals surface area contributed by atoms with Gasteiger partial charge in [-0.2, -0.15) is 0 Å². The van der Waals surface area contributed by atoms with E-state index in [1.807, 2.05) is 0 Å². The number of rotatable bonds is 4. The molecule has 206 valence electrons. The van der Waals surface area contributed by atoms with E-state index in [0.29, 0.717) is 0 Å². The lowest BCUT2D eigenvalue weighted by Gasteiger charge is -2.19. The maximum absolute atomic E-state index is 2.50. The molecule has 0 bridgehead atoms. The Morgan fingerprint density at radius 1 is 0.409 bits per heavy atom. The SMILES string of the molecule is C1=C(Cc2ccccc2)Cc2c(-c3c4ccccc4cc4ccccc34)ccc(-c3c4ccccc4cc4ccccc34)c21. The number of allylic oxidation sites excluding steroid dienone is 1. The van der Waals surface area contributed by atoms with Crippen LogP contribution in [0.5, 0.6) is 0 Å². The van der Waals surface area contributed by atoms with Crippen molar-refractivity contribution < 1.29 is 0 Å². The van der Waals surface area contributed by atoms with Crippen LogP contribution in [0.15, 0.2) is 157 Å². The molecule has 1 aliphatic carbocycles. The molecule has 0 aromatic heterocycles. The smallest absolute Gasteiger partial charge is 0.00207 e. The molecule has 0 N–H and O–H groups in total. The van der Waals surface area contributed by atoms with Crippen molar-refractivity contribution in [2.75, 3.05) is 0 Å². The Morgan fingerprint density at radius 2 is 0.841 bits per heavy atom. The van der Waals surface area contributed by atoms with Crippen molar-refractivity contribution in [1.82, 2.24) is 0 Å². The van der Waals surface area contributed by atoms with Gasteiger partial charge in [0, 0.05) is 0 Å². The van der Waals surface area contributed by atoms with Gasteiger partial charge in [-0.05, 0) is 107 Å². The lowest BCUT2D eigenvalue weighted by molar-refractivity contribution is 1.07. The van der Waals surface area contributed by atoms with Crippen LogP contribution in [0.25, 0.3) is 71.4 Å². The Kier molecular flexibility index (Phi) is 5.74. The Balaban J connectivity index is 1.36. The van der Waals surface area contributed by atoms with Crippen molar-refractivity contribution in [2.24, 2.45) is 0 Å². The Morgan fingerprint density at radius 3 is 1.36 bits per heavy atom. The van der Waals surface area contributed by atoms with Crippen LogP contribution >= 0.6 is 0 Å². The predicted molar refractivity (Wildman–Crippen MR) is 189 cm³/mol. The van der Waals surface area contributed by atoms with Crippen molar-refractivity contribution in [3.05, 3.63) is 174 Å². The fourth-order valence-electron chi connectivity index (χ4n) is 7.53. The van der Waals surface area contributed by atoms with Gasteiger partial charge in [-0.1, -0.05) is 151 Å². The summed E-state index contributed by atoms with van der Waals surface area (Å²) in [5.74, 6) is 0. The number of hydrogen-bond acceptors (Lipinski definition) is 0. The van der Waals surface area contributed by atoms with Crippen LogP contribution in [-0.4, -0.2) is 0 Å². The molecule has 0 radical (unpaired) electrons. The van der Waals surface area contributed by atoms with Crippen LogP contribution in [0.1, 0.15) is 16.7 Å². The van der Waals surface area contributed by atoms with Crippen molar-refractivity contribution in [2.45, 2.75) is 12.8 Å². The zero-order valence-corrected chi connectivity index (χ0v) is 24.4. The first-order valence-electron chi connectivity index (χ1n) is 15.5. The number of hydrogen-bond donors (Lipinski definition) is 0. The summed E-state index contributed by atoms with van der Waals surface area (Å²) in [5.41, 5.74) is 11.0. The summed E-state index contributed by atoms with van der Waals surface area (Å²) in [6, 6.07) is 55.9. The highest BCUT2D eigenvalue weighted by molar-refractivity contribution is 6.16. The normalized spacial score (nSPS) is 12.7. The molecule has 0 aliphatic heterocycles. The Hall–Kier alpha value is -5.46. The molecule has 0 atom stereocenters. The van der Waals surface area contributed by atoms with Crippen LogP contribution in [0, 0.1) is 0 Å². The molecule has 0 spiro atoms. The molecule has 1 aliphatic rings. The summed E-state index contributed by atoms with van der Waals surface area (Å²) in [4.78, 5) is 0. The molecular formula is C44H30. The molecule has 0 unspecified atom stereocenters. The molecule has 9 rings (SSSR count). The van der Waals surface area contributed by atoms with Crippen LogP contribution in [-0.2, 0) is 12.8 Å². The second-order valence-electron chi connectivity index (χ2n) is 12.1. The van der Waals surface area contributed by atoms with E-state index >= 15 is 0 Å². The number of benzene rings is 8. The minimum absolute atomic E-state index is 0.952. The van der Waals surface area contributed by atoms with E-state index in [0.717, 1.165) is 12.8 Å². The molecule has 0 fully saturated rings. The van der Waals surface area contributed by atoms with Crippen molar-refractivity contribution in [1.29, 1.82) is 0 Å². The molecule has 8 aromatic rings. The van der Waals surface area contributed by atoms with Gasteiger partial charge in [-0.15, -0.1) is 0 Å². The number of fused-ring (bicyclic) bond motifs is 5. The van der Waals surface area contributed by atoms with Crippen molar-refractivity contribution in [3.63, 3.8) is 0 Å². The minimum Gasteiger partial charge on any atom is -0.0622 e. The average molecular weight is 559 g/mol. The van der Waals surface area contributed by atoms with Crippen LogP contribution in [0.4, 0.5) is 0 Å². The van der Waals surface area contributed by atoms with E-state index in [-0.39, 0.29) is 0 Å². The van der Waals surface area contributed by atoms with Gasteiger partial charge in [0.15, 0.2) is 0 Å². The quantitative estimate of drug-likeness (QED) is 0.188. The lowest BCUT2D eigenvalue weighted by Crippen LogP contribution is -1.97. The largest absolute Gasteiger partial charge is 0.0622 e. The van der Waals surface area contributed by atoms with Crippen molar-refractivity contribution >= 4 is 49.2 Å². The molecule has 44 heavy (non-hydrogen) atoms. The third-order valence-corrected chi connectivity index (χ3v) is 9.46. The van der Waals surface area contributed by atoms with Gasteiger partial charge in [0.25, 0.3) is 0 Å². The summed E-state index contributed by atoms with van der Waals surface area (Å²) >= 11 is 0. The fraction of sp³-hybridized carbons (Fsp3) is 0.0455. The van der Waals surface area contributed by atoms with Crippen LogP contribution < -0.4 is 0 Å². The van der Waals surface area contributed by atoms with E-state index in [4.69, 9.17) is 0 Å². The maximum Gasteiger partial charge on any atom is -0.00207 e. The zero-order valence-electron chi connectivity index (χ0n) is 24.4. The highest BCUT2D eigenvalue weighted by Gasteiger charge is 2.25. The summed E-state index contributed by atoms with van der Waals surface area (Å²) in [6.07, 6.45) is 4.42. The third kappa shape index (κ3) is 3.99. The monoisotopic (exact) mass is 558 g/mol. The Bertz CT molecular complexity index is 2320. The van der Waals surface area contributed by atoms with E-state index in [1.165, 1.54) is 87.6 Å². The van der Waals surface area contributed by atoms with E-state index in [2.05, 4.69) is 158 Å². The second kappa shape index (κ2) is 10.1. The van der Waals surface area contributed by atoms with Gasteiger partial charge in [0.1, 0.15) is 0 Å². The lowest BCUT2D eigenvalue weighted by atomic mass is 9.84. The van der Waals surface area contributed by atoms with E-state index < -0.39 is 0 Å². The first-order valence-corrected chi connectivity index (χ1v) is 15.5. The predicted octanol–water partition coefficient (Wildman–Crippen LogP) is 11.8. The fourth-order valence-corrected chi connectivity index (χ4v) is 7.53. The molecular weight excluding hydrogens is 528 g/mol. The zero-order chi connectivity index (χ0) is 29.0. The van der Waals surface area contributed by atoms with Crippen molar-refractivity contribution in [3.8, 4) is 22.3 Å². The topological polar surface area (TPSA) is 0 Å². The van der Waals surface area contributed by atoms with Gasteiger partial charge >= 0.3 is 0 Å². The highest BCUT2D eigenvalue weighted by atomic mass is 14.3. The highest BCUT2D eigenvalue weighted by Crippen LogP contribution is 2.47. The van der Waals surface area contributed by atoms with Gasteiger partial charge < -0.3 is 0 Å². The Labute approximate surface area is 257 Å². The molecule has 0 heteroatoms. The summed E-state index contributed by atoms with van der Waals surface area (Å²) in [6.45, 7) is 0. The average Bonchev–Trinajstić information content (AvgIpc) is 3.50. The molecule has 8 aromatic carbocycles. The van der Waals surface area contributed by atoms with Gasteiger partial charge in [-0.25, -0.2) is 0 Å². The van der Waals surface area contributed by atoms with Gasteiger partial charge in [-0.3, -0.25) is 0 Å². The summed E-state index contributed by atoms with van der Waals surface area (Å²) in [5, 5.41) is 10.4. The van der Waals surface area contributed by atoms with Gasteiger partial charge in [0.2, 0.25) is 0 Å². The van der Waals surface area contributed by atoms with Crippen LogP contribution in [0.3, 0.4) is 0 Å². The second-order valence-corrected chi connectivity index (χ2v) is 12.1. The van der Waals surface area contributed by atoms with E-state index in [9.17, 15) is 0 Å². The van der Waals surface area contributed by atoms with E-state index in [1.54, 1.807) is 0 Å². The molecule has 0 saturated heterocycles.